The number of halogens is 4. The molecule has 8 nitrogen and oxygen atoms in total. The number of ketones is 1. The van der Waals surface area contributed by atoms with E-state index in [0.29, 0.717) is 23.4 Å². The fourth-order valence-electron chi connectivity index (χ4n) is 3.09. The number of carbonyl (C=O) groups excluding carboxylic acids is 1. The highest BCUT2D eigenvalue weighted by Crippen LogP contribution is 2.29. The van der Waals surface area contributed by atoms with Gasteiger partial charge in [-0.25, -0.2) is 9.97 Å². The highest BCUT2D eigenvalue weighted by Gasteiger charge is 2.40. The van der Waals surface area contributed by atoms with E-state index in [2.05, 4.69) is 9.97 Å². The number of aromatic nitrogens is 2. The summed E-state index contributed by atoms with van der Waals surface area (Å²) >= 11 is 23.0. The monoisotopic (exact) mass is 489 g/mol. The van der Waals surface area contributed by atoms with Crippen LogP contribution in [-0.4, -0.2) is 48.4 Å². The van der Waals surface area contributed by atoms with Gasteiger partial charge >= 0.3 is 5.70 Å². The van der Waals surface area contributed by atoms with E-state index in [4.69, 9.17) is 46.4 Å². The van der Waals surface area contributed by atoms with Crippen molar-refractivity contribution >= 4 is 52.2 Å². The van der Waals surface area contributed by atoms with Crippen molar-refractivity contribution in [2.75, 3.05) is 13.1 Å². The van der Waals surface area contributed by atoms with Crippen molar-refractivity contribution < 1.29 is 9.72 Å². The smallest absolute Gasteiger partial charge is 0.346 e. The first kappa shape index (κ1) is 22.6. The van der Waals surface area contributed by atoms with E-state index in [1.165, 1.54) is 0 Å². The molecule has 0 unspecified atom stereocenters. The molecule has 12 heteroatoms. The zero-order chi connectivity index (χ0) is 21.8. The lowest BCUT2D eigenvalue weighted by Crippen LogP contribution is -2.31. The number of hydrogen-bond acceptors (Lipinski definition) is 7. The number of Topliss-reactive ketones (excluding diaryl/α,β-unsaturated/α-hetero) is 1. The number of nitro groups is 1. The van der Waals surface area contributed by atoms with Crippen molar-refractivity contribution in [1.82, 2.24) is 19.8 Å². The van der Waals surface area contributed by atoms with Crippen LogP contribution in [0.5, 0.6) is 0 Å². The van der Waals surface area contributed by atoms with Crippen molar-refractivity contribution in [3.8, 4) is 0 Å². The molecule has 0 spiro atoms. The first-order valence-electron chi connectivity index (χ1n) is 8.68. The largest absolute Gasteiger partial charge is 0.354 e. The van der Waals surface area contributed by atoms with Gasteiger partial charge in [0.1, 0.15) is 10.3 Å². The van der Waals surface area contributed by atoms with Crippen LogP contribution in [0.25, 0.3) is 0 Å². The molecule has 3 rings (SSSR count). The summed E-state index contributed by atoms with van der Waals surface area (Å²) in [6.07, 6.45) is 3.15. The van der Waals surface area contributed by atoms with Crippen molar-refractivity contribution in [3.63, 3.8) is 0 Å². The average molecular weight is 491 g/mol. The van der Waals surface area contributed by atoms with E-state index >= 15 is 0 Å². The first-order chi connectivity index (χ1) is 14.3. The lowest BCUT2D eigenvalue weighted by Gasteiger charge is -2.24. The predicted octanol–water partition coefficient (Wildman–Crippen LogP) is 3.92. The maximum atomic E-state index is 12.5. The molecular formula is C18H15Cl4N5O3. The maximum Gasteiger partial charge on any atom is 0.354 e. The maximum absolute atomic E-state index is 12.5. The number of pyridine rings is 2. The Morgan fingerprint density at radius 3 is 1.80 bits per heavy atom. The highest BCUT2D eigenvalue weighted by molar-refractivity contribution is 6.55. The van der Waals surface area contributed by atoms with Crippen LogP contribution in [-0.2, 0) is 17.9 Å². The highest BCUT2D eigenvalue weighted by atomic mass is 35.5. The molecule has 2 aromatic heterocycles. The molecule has 158 valence electrons. The average Bonchev–Trinajstić information content (AvgIpc) is 3.07. The van der Waals surface area contributed by atoms with Gasteiger partial charge in [0.2, 0.25) is 0 Å². The van der Waals surface area contributed by atoms with Crippen molar-refractivity contribution in [1.29, 1.82) is 0 Å². The van der Waals surface area contributed by atoms with Gasteiger partial charge in [0.05, 0.1) is 4.92 Å². The Morgan fingerprint density at radius 2 is 1.47 bits per heavy atom. The Bertz CT molecular complexity index is 909. The third-order valence-corrected chi connectivity index (χ3v) is 5.23. The molecule has 0 saturated carbocycles. The summed E-state index contributed by atoms with van der Waals surface area (Å²) in [6.45, 7) is 1.46. The topological polar surface area (TPSA) is 92.5 Å². The number of carbonyl (C=O) groups is 1. The molecule has 0 bridgehead atoms. The van der Waals surface area contributed by atoms with Gasteiger partial charge < -0.3 is 9.80 Å². The van der Waals surface area contributed by atoms with Crippen molar-refractivity contribution in [3.05, 3.63) is 79.7 Å². The van der Waals surface area contributed by atoms with Crippen LogP contribution in [0.1, 0.15) is 11.1 Å². The van der Waals surface area contributed by atoms with Crippen LogP contribution < -0.4 is 0 Å². The van der Waals surface area contributed by atoms with E-state index < -0.39 is 21.2 Å². The molecule has 0 aromatic carbocycles. The SMILES string of the molecule is O=C(C(=C1N(Cc2ccc(Cl)nc2)CCN1Cc1ccc(Cl)nc1)[N+](=O)[O-])C(Cl)Cl. The molecule has 30 heavy (non-hydrogen) atoms. The van der Waals surface area contributed by atoms with Gasteiger partial charge in [-0.1, -0.05) is 58.5 Å². The minimum Gasteiger partial charge on any atom is -0.346 e. The van der Waals surface area contributed by atoms with Gasteiger partial charge in [-0.15, -0.1) is 0 Å². The summed E-state index contributed by atoms with van der Waals surface area (Å²) in [6, 6.07) is 6.78. The lowest BCUT2D eigenvalue weighted by molar-refractivity contribution is -0.421. The third-order valence-electron chi connectivity index (χ3n) is 4.39. The van der Waals surface area contributed by atoms with Crippen LogP contribution in [0.4, 0.5) is 0 Å². The summed E-state index contributed by atoms with van der Waals surface area (Å²) in [5, 5.41) is 12.5. The molecule has 2 aromatic rings. The number of nitrogens with zero attached hydrogens (tertiary/aromatic N) is 5. The van der Waals surface area contributed by atoms with E-state index in [0.717, 1.165) is 11.1 Å². The van der Waals surface area contributed by atoms with Crippen LogP contribution in [0.15, 0.2) is 48.2 Å². The summed E-state index contributed by atoms with van der Waals surface area (Å²) < 4.78 is 0. The summed E-state index contributed by atoms with van der Waals surface area (Å²) in [5.41, 5.74) is 0.886. The number of hydrogen-bond donors (Lipinski definition) is 0. The molecule has 0 atom stereocenters. The third kappa shape index (κ3) is 5.31. The molecule has 1 aliphatic heterocycles. The van der Waals surface area contributed by atoms with Gasteiger partial charge in [0.15, 0.2) is 10.7 Å². The van der Waals surface area contributed by atoms with Crippen molar-refractivity contribution in [2.45, 2.75) is 17.9 Å². The second kappa shape index (κ2) is 9.78. The molecule has 0 amide bonds. The Hall–Kier alpha value is -2.13. The molecule has 1 aliphatic rings. The van der Waals surface area contributed by atoms with Gasteiger partial charge in [0.25, 0.3) is 5.78 Å². The zero-order valence-corrected chi connectivity index (χ0v) is 18.4. The van der Waals surface area contributed by atoms with Crippen LogP contribution in [0.2, 0.25) is 10.3 Å². The normalized spacial score (nSPS) is 13.8. The van der Waals surface area contributed by atoms with E-state index in [1.54, 1.807) is 46.5 Å². The fraction of sp³-hybridized carbons (Fsp3) is 0.278. The van der Waals surface area contributed by atoms with Crippen molar-refractivity contribution in [2.24, 2.45) is 0 Å². The predicted molar refractivity (Wildman–Crippen MR) is 114 cm³/mol. The zero-order valence-electron chi connectivity index (χ0n) is 15.3. The number of alkyl halides is 2. The Kier molecular flexibility index (Phi) is 7.36. The first-order valence-corrected chi connectivity index (χ1v) is 10.3. The Balaban J connectivity index is 2.00. The second-order valence-corrected chi connectivity index (χ2v) is 8.29. The number of allylic oxidation sites excluding steroid dienone is 1. The van der Waals surface area contributed by atoms with Crippen LogP contribution >= 0.6 is 46.4 Å². The Morgan fingerprint density at radius 1 is 1.00 bits per heavy atom. The number of rotatable bonds is 7. The molecule has 0 radical (unpaired) electrons. The summed E-state index contributed by atoms with van der Waals surface area (Å²) in [7, 11) is 0. The molecule has 1 saturated heterocycles. The quantitative estimate of drug-likeness (QED) is 0.191. The second-order valence-electron chi connectivity index (χ2n) is 6.42. The molecule has 1 fully saturated rings. The van der Waals surface area contributed by atoms with E-state index in [1.807, 2.05) is 0 Å². The Labute approximate surface area is 192 Å². The van der Waals surface area contributed by atoms with E-state index in [9.17, 15) is 14.9 Å². The van der Waals surface area contributed by atoms with Gasteiger partial charge in [0, 0.05) is 38.6 Å². The molecule has 0 N–H and O–H groups in total. The molecule has 0 aliphatic carbocycles. The van der Waals surface area contributed by atoms with Crippen LogP contribution in [0.3, 0.4) is 0 Å². The van der Waals surface area contributed by atoms with Gasteiger partial charge in [-0.3, -0.25) is 14.9 Å². The van der Waals surface area contributed by atoms with Crippen LogP contribution in [0, 0.1) is 10.1 Å². The van der Waals surface area contributed by atoms with Gasteiger partial charge in [-0.05, 0) is 23.3 Å². The van der Waals surface area contributed by atoms with Gasteiger partial charge in [-0.2, -0.15) is 0 Å². The minimum atomic E-state index is -1.56. The minimum absolute atomic E-state index is 0.140. The van der Waals surface area contributed by atoms with E-state index in [-0.39, 0.29) is 18.9 Å². The molecule has 3 heterocycles. The summed E-state index contributed by atoms with van der Waals surface area (Å²) in [4.78, 5) is 33.5. The molecular weight excluding hydrogens is 476 g/mol. The fourth-order valence-corrected chi connectivity index (χ4v) is 3.52. The lowest BCUT2D eigenvalue weighted by atomic mass is 10.2. The standard InChI is InChI=1S/C18H15Cl4N5O3/c19-13-3-1-11(7-23-13)9-25-5-6-26(10-12-2-4-14(20)24-8-12)18(25)15(27(29)30)16(28)17(21)22/h1-4,7-8,17H,5-6,9-10H2. The summed E-state index contributed by atoms with van der Waals surface area (Å²) in [5.74, 6) is -0.833.